The number of benzene rings is 13. The summed E-state index contributed by atoms with van der Waals surface area (Å²) in [5, 5.41) is 0. The van der Waals surface area contributed by atoms with Gasteiger partial charge in [-0.15, -0.1) is 0 Å². The number of anilines is 6. The summed E-state index contributed by atoms with van der Waals surface area (Å²) in [4.78, 5) is 4.99. The van der Waals surface area contributed by atoms with Crippen LogP contribution in [0, 0.1) is 5.92 Å². The number of rotatable bonds is 20. The molecule has 4 heteroatoms. The summed E-state index contributed by atoms with van der Waals surface area (Å²) < 4.78 is 1.33. The molecule has 0 amide bonds. The van der Waals surface area contributed by atoms with E-state index in [1.165, 1.54) is 85.4 Å². The standard InChI is InChI=1S/C89H74N4/c1-12-34-66(35-13-1)84(67-36-14-2-15-37-67)80-60-78(90(74-48-26-8-27-49-74)75-50-28-9-29-51-75)61-81(85(68-38-16-3-17-39-68)69-40-18-4-19-41-69)88(80)92-58-59-93(64-92,65-92)89-82(86(70-42-20-5-21-43-70)71-44-22-6-23-45-71)62-79(63-83(89)87(73-56-57-73)72-46-24-7-25-47-72)91(76-52-30-10-31-53-76)77-54-32-11-33-55-77/h1-55,58-63,73,84-87H,56-57,64-65H2/q+2. The van der Waals surface area contributed by atoms with Gasteiger partial charge in [0.25, 0.3) is 0 Å². The molecule has 448 valence electrons. The fourth-order valence-electron chi connectivity index (χ4n) is 15.8. The van der Waals surface area contributed by atoms with Crippen molar-refractivity contribution in [3.8, 4) is 0 Å². The Balaban J connectivity index is 1.01. The number of hydrogen-bond acceptors (Lipinski definition) is 2. The van der Waals surface area contributed by atoms with Crippen LogP contribution in [-0.2, 0) is 0 Å². The summed E-state index contributed by atoms with van der Waals surface area (Å²) in [7, 11) is 0. The van der Waals surface area contributed by atoms with Gasteiger partial charge in [0, 0.05) is 80.0 Å². The summed E-state index contributed by atoms with van der Waals surface area (Å²) >= 11 is 0. The van der Waals surface area contributed by atoms with E-state index in [4.69, 9.17) is 0 Å². The van der Waals surface area contributed by atoms with Gasteiger partial charge >= 0.3 is 0 Å². The van der Waals surface area contributed by atoms with Crippen LogP contribution < -0.4 is 18.8 Å². The molecule has 1 aliphatic carbocycles. The quantitative estimate of drug-likeness (QED) is 0.0554. The van der Waals surface area contributed by atoms with Crippen molar-refractivity contribution in [3.05, 3.63) is 432 Å². The molecule has 2 fully saturated rings. The minimum absolute atomic E-state index is 0.109. The lowest BCUT2D eigenvalue weighted by atomic mass is 9.77. The Morgan fingerprint density at radius 2 is 0.452 bits per heavy atom. The number of nitrogens with zero attached hydrogens (tertiary/aromatic N) is 4. The first-order valence-corrected chi connectivity index (χ1v) is 33.1. The van der Waals surface area contributed by atoms with Gasteiger partial charge in [-0.2, -0.15) is 8.97 Å². The predicted octanol–water partition coefficient (Wildman–Crippen LogP) is 22.4. The topological polar surface area (TPSA) is 6.48 Å². The van der Waals surface area contributed by atoms with Crippen LogP contribution in [-0.4, -0.2) is 13.3 Å². The van der Waals surface area contributed by atoms with Crippen LogP contribution in [0.25, 0.3) is 0 Å². The monoisotopic (exact) mass is 1200 g/mol. The van der Waals surface area contributed by atoms with Crippen molar-refractivity contribution >= 4 is 45.5 Å². The van der Waals surface area contributed by atoms with Crippen molar-refractivity contribution in [2.75, 3.05) is 23.1 Å². The maximum atomic E-state index is 2.64. The molecule has 3 heterocycles. The molecule has 1 atom stereocenters. The Bertz CT molecular complexity index is 4360. The smallest absolute Gasteiger partial charge is 0.234 e. The normalized spacial score (nSPS) is 16.7. The highest BCUT2D eigenvalue weighted by Gasteiger charge is 2.66. The third-order valence-electron chi connectivity index (χ3n) is 19.7. The molecule has 3 aliphatic heterocycles. The minimum Gasteiger partial charge on any atom is -0.310 e. The van der Waals surface area contributed by atoms with E-state index >= 15 is 0 Å². The Hall–Kier alpha value is -10.9. The van der Waals surface area contributed by atoms with Crippen molar-refractivity contribution in [2.45, 2.75) is 36.5 Å². The average molecular weight is 1200 g/mol. The highest BCUT2D eigenvalue weighted by Crippen LogP contribution is 2.61. The van der Waals surface area contributed by atoms with Crippen molar-refractivity contribution in [1.29, 1.82) is 0 Å². The summed E-state index contributed by atoms with van der Waals surface area (Å²) in [5.41, 5.74) is 23.7. The molecule has 1 saturated carbocycles. The Labute approximate surface area is 548 Å². The predicted molar refractivity (Wildman–Crippen MR) is 387 cm³/mol. The van der Waals surface area contributed by atoms with Gasteiger partial charge < -0.3 is 9.80 Å². The first kappa shape index (κ1) is 57.3. The van der Waals surface area contributed by atoms with Crippen molar-refractivity contribution in [2.24, 2.45) is 5.92 Å². The van der Waals surface area contributed by atoms with E-state index in [0.29, 0.717) is 14.9 Å². The highest BCUT2D eigenvalue weighted by molar-refractivity contribution is 5.85. The summed E-state index contributed by atoms with van der Waals surface area (Å²) in [5.74, 6) is 0.221. The molecule has 0 N–H and O–H groups in total. The van der Waals surface area contributed by atoms with E-state index in [0.717, 1.165) is 47.5 Å². The van der Waals surface area contributed by atoms with E-state index in [1.54, 1.807) is 0 Å². The van der Waals surface area contributed by atoms with Crippen LogP contribution >= 0.6 is 0 Å². The fourth-order valence-corrected chi connectivity index (χ4v) is 15.8. The lowest BCUT2D eigenvalue weighted by molar-refractivity contribution is 0.0980. The molecule has 13 aromatic carbocycles. The number of para-hydroxylation sites is 4. The molecule has 4 aliphatic rings. The SMILES string of the molecule is C1=C[N+]2(c3c(C(c4ccccc4)c4ccccc4)cc(N(c4ccccc4)c4ccccc4)cc3C(c3ccccc3)C3CC3)C[N+]1(c1c(C(c3ccccc3)c3ccccc3)cc(N(c3ccccc3)c3ccccc3)cc1C(c1ccccc1)c1ccccc1)C2. The van der Waals surface area contributed by atoms with Crippen LogP contribution in [0.3, 0.4) is 0 Å². The van der Waals surface area contributed by atoms with Crippen LogP contribution in [0.15, 0.2) is 370 Å². The molecular weight excluding hydrogens is 1130 g/mol. The van der Waals surface area contributed by atoms with E-state index in [1.807, 2.05) is 0 Å². The second kappa shape index (κ2) is 25.1. The van der Waals surface area contributed by atoms with E-state index < -0.39 is 0 Å². The van der Waals surface area contributed by atoms with Gasteiger partial charge in [-0.05, 0) is 131 Å². The van der Waals surface area contributed by atoms with Gasteiger partial charge in [0.05, 0.1) is 0 Å². The Morgan fingerprint density at radius 1 is 0.237 bits per heavy atom. The summed E-state index contributed by atoms with van der Waals surface area (Å²) in [6, 6.07) is 134. The Morgan fingerprint density at radius 3 is 0.699 bits per heavy atom. The van der Waals surface area contributed by atoms with Gasteiger partial charge in [0.1, 0.15) is 0 Å². The Kier molecular flexibility index (Phi) is 15.4. The molecule has 0 aromatic heterocycles. The molecule has 1 saturated heterocycles. The maximum absolute atomic E-state index is 2.64. The first-order valence-electron chi connectivity index (χ1n) is 33.1. The van der Waals surface area contributed by atoms with Crippen LogP contribution in [0.1, 0.15) is 97.7 Å². The zero-order valence-corrected chi connectivity index (χ0v) is 52.2. The number of hydrogen-bond donors (Lipinski definition) is 0. The van der Waals surface area contributed by atoms with E-state index in [9.17, 15) is 0 Å². The molecular formula is C89H74N4+2. The lowest BCUT2D eigenvalue weighted by Crippen LogP contribution is -2.73. The van der Waals surface area contributed by atoms with Crippen LogP contribution in [0.5, 0.6) is 0 Å². The lowest BCUT2D eigenvalue weighted by Gasteiger charge is -2.50. The maximum Gasteiger partial charge on any atom is 0.234 e. The first-order chi connectivity index (χ1) is 46.1. The minimum atomic E-state index is -0.143. The zero-order chi connectivity index (χ0) is 62.0. The second-order valence-corrected chi connectivity index (χ2v) is 25.6. The van der Waals surface area contributed by atoms with Gasteiger partial charge in [-0.1, -0.05) is 285 Å². The van der Waals surface area contributed by atoms with Gasteiger partial charge in [-0.25, -0.2) is 0 Å². The molecule has 17 rings (SSSR count). The van der Waals surface area contributed by atoms with E-state index in [2.05, 4.69) is 380 Å². The molecule has 4 nitrogen and oxygen atoms in total. The van der Waals surface area contributed by atoms with Crippen molar-refractivity contribution in [1.82, 2.24) is 8.97 Å². The van der Waals surface area contributed by atoms with Crippen molar-refractivity contribution in [3.63, 3.8) is 0 Å². The zero-order valence-electron chi connectivity index (χ0n) is 52.2. The third kappa shape index (κ3) is 11.0. The molecule has 0 spiro atoms. The largest absolute Gasteiger partial charge is 0.310 e. The van der Waals surface area contributed by atoms with Crippen molar-refractivity contribution < 1.29 is 0 Å². The molecule has 13 aromatic rings. The second-order valence-electron chi connectivity index (χ2n) is 25.6. The molecule has 0 radical (unpaired) electrons. The van der Waals surface area contributed by atoms with E-state index in [-0.39, 0.29) is 23.7 Å². The van der Waals surface area contributed by atoms with Gasteiger partial charge in [-0.3, -0.25) is 0 Å². The molecule has 2 bridgehead atoms. The average Bonchev–Trinajstić information content (AvgIpc) is 1.57. The van der Waals surface area contributed by atoms with Crippen LogP contribution in [0.2, 0.25) is 0 Å². The summed E-state index contributed by atoms with van der Waals surface area (Å²) in [6.45, 7) is 1.58. The third-order valence-corrected chi connectivity index (χ3v) is 19.7. The van der Waals surface area contributed by atoms with Gasteiger partial charge in [0.15, 0.2) is 23.8 Å². The van der Waals surface area contributed by atoms with Crippen LogP contribution in [0.4, 0.5) is 45.5 Å². The number of quaternary nitrogens is 2. The highest BCUT2D eigenvalue weighted by atomic mass is 15.7. The molecule has 1 unspecified atom stereocenters. The van der Waals surface area contributed by atoms with Gasteiger partial charge in [0.2, 0.25) is 13.3 Å². The fraction of sp³-hybridized carbons (Fsp3) is 0.101. The molecule has 93 heavy (non-hydrogen) atoms. The summed E-state index contributed by atoms with van der Waals surface area (Å²) in [6.07, 6.45) is 7.63.